The van der Waals surface area contributed by atoms with Gasteiger partial charge in [0, 0.05) is 25.3 Å². The topological polar surface area (TPSA) is 71.1 Å². The number of nitrogens with zero attached hydrogens (tertiary/aromatic N) is 2. The molecule has 0 aliphatic carbocycles. The van der Waals surface area contributed by atoms with E-state index >= 15 is 0 Å². The number of hydrogen-bond acceptors (Lipinski definition) is 5. The summed E-state index contributed by atoms with van der Waals surface area (Å²) in [4.78, 5) is 28.7. The smallest absolute Gasteiger partial charge is 0.407 e. The number of likely N-dealkylation sites (tertiary alicyclic amines) is 1. The SMILES string of the molecule is O=C1NC[C@@]2(CCCN(C(=O)c3ccccc3N3CCOCC3)C2)O1. The molecule has 1 N–H and O–H groups in total. The van der Waals surface area contributed by atoms with Gasteiger partial charge in [-0.15, -0.1) is 0 Å². The summed E-state index contributed by atoms with van der Waals surface area (Å²) in [5, 5.41) is 2.72. The molecule has 3 saturated heterocycles. The molecule has 7 heteroatoms. The Labute approximate surface area is 146 Å². The number of rotatable bonds is 2. The van der Waals surface area contributed by atoms with Gasteiger partial charge in [-0.05, 0) is 25.0 Å². The van der Waals surface area contributed by atoms with E-state index in [0.29, 0.717) is 38.4 Å². The van der Waals surface area contributed by atoms with Crippen LogP contribution in [0.3, 0.4) is 0 Å². The van der Waals surface area contributed by atoms with Gasteiger partial charge in [-0.25, -0.2) is 4.79 Å². The molecule has 1 atom stereocenters. The van der Waals surface area contributed by atoms with Gasteiger partial charge in [-0.1, -0.05) is 12.1 Å². The maximum absolute atomic E-state index is 13.2. The average molecular weight is 345 g/mol. The van der Waals surface area contributed by atoms with E-state index in [1.807, 2.05) is 29.2 Å². The highest BCUT2D eigenvalue weighted by Crippen LogP contribution is 2.30. The van der Waals surface area contributed by atoms with Gasteiger partial charge in [-0.3, -0.25) is 4.79 Å². The second-order valence-corrected chi connectivity index (χ2v) is 6.87. The minimum atomic E-state index is -0.571. The number of carbonyl (C=O) groups is 2. The predicted octanol–water partition coefficient (Wildman–Crippen LogP) is 1.24. The first-order chi connectivity index (χ1) is 12.2. The Kier molecular flexibility index (Phi) is 4.25. The van der Waals surface area contributed by atoms with Crippen LogP contribution in [0, 0.1) is 0 Å². The molecule has 25 heavy (non-hydrogen) atoms. The largest absolute Gasteiger partial charge is 0.439 e. The number of amides is 2. The van der Waals surface area contributed by atoms with Crippen molar-refractivity contribution in [2.45, 2.75) is 18.4 Å². The van der Waals surface area contributed by atoms with Gasteiger partial charge < -0.3 is 24.6 Å². The Bertz CT molecular complexity index is 674. The molecule has 1 aromatic carbocycles. The summed E-state index contributed by atoms with van der Waals surface area (Å²) in [7, 11) is 0. The monoisotopic (exact) mass is 345 g/mol. The summed E-state index contributed by atoms with van der Waals surface area (Å²) in [5.41, 5.74) is 1.09. The van der Waals surface area contributed by atoms with Gasteiger partial charge in [0.05, 0.1) is 31.9 Å². The quantitative estimate of drug-likeness (QED) is 0.873. The summed E-state index contributed by atoms with van der Waals surface area (Å²) >= 11 is 0. The van der Waals surface area contributed by atoms with E-state index in [9.17, 15) is 9.59 Å². The third-order valence-electron chi connectivity index (χ3n) is 5.18. The molecule has 4 rings (SSSR count). The fourth-order valence-electron chi connectivity index (χ4n) is 3.91. The molecule has 0 bridgehead atoms. The average Bonchev–Trinajstić information content (AvgIpc) is 3.01. The Balaban J connectivity index is 1.55. The molecule has 1 aromatic rings. The van der Waals surface area contributed by atoms with Crippen molar-refractivity contribution in [3.8, 4) is 0 Å². The minimum absolute atomic E-state index is 0.00381. The summed E-state index contributed by atoms with van der Waals surface area (Å²) in [6.45, 7) is 4.54. The van der Waals surface area contributed by atoms with E-state index in [1.54, 1.807) is 0 Å². The van der Waals surface area contributed by atoms with Crippen molar-refractivity contribution in [3.05, 3.63) is 29.8 Å². The zero-order valence-corrected chi connectivity index (χ0v) is 14.2. The fourth-order valence-corrected chi connectivity index (χ4v) is 3.91. The Hall–Kier alpha value is -2.28. The highest BCUT2D eigenvalue weighted by molar-refractivity contribution is 6.00. The van der Waals surface area contributed by atoms with Crippen molar-refractivity contribution in [1.82, 2.24) is 10.2 Å². The van der Waals surface area contributed by atoms with Gasteiger partial charge in [0.15, 0.2) is 0 Å². The van der Waals surface area contributed by atoms with Crippen LogP contribution in [0.2, 0.25) is 0 Å². The van der Waals surface area contributed by atoms with E-state index < -0.39 is 5.60 Å². The molecule has 3 heterocycles. The number of benzene rings is 1. The van der Waals surface area contributed by atoms with E-state index in [4.69, 9.17) is 9.47 Å². The maximum Gasteiger partial charge on any atom is 0.407 e. The van der Waals surface area contributed by atoms with Crippen molar-refractivity contribution < 1.29 is 19.1 Å². The van der Waals surface area contributed by atoms with Crippen LogP contribution in [-0.2, 0) is 9.47 Å². The second kappa shape index (κ2) is 6.55. The number of ether oxygens (including phenoxy) is 2. The number of hydrogen-bond donors (Lipinski definition) is 1. The van der Waals surface area contributed by atoms with Crippen LogP contribution in [0.4, 0.5) is 10.5 Å². The third kappa shape index (κ3) is 3.16. The van der Waals surface area contributed by atoms with Crippen molar-refractivity contribution in [2.24, 2.45) is 0 Å². The lowest BCUT2D eigenvalue weighted by atomic mass is 9.92. The molecule has 0 aromatic heterocycles. The third-order valence-corrected chi connectivity index (χ3v) is 5.18. The van der Waals surface area contributed by atoms with Crippen molar-refractivity contribution in [1.29, 1.82) is 0 Å². The number of morpholine rings is 1. The Morgan fingerprint density at radius 2 is 1.96 bits per heavy atom. The van der Waals surface area contributed by atoms with Crippen molar-refractivity contribution >= 4 is 17.7 Å². The van der Waals surface area contributed by atoms with Gasteiger partial charge in [0.1, 0.15) is 5.60 Å². The summed E-state index contributed by atoms with van der Waals surface area (Å²) in [5.74, 6) is 0.00381. The molecule has 3 aliphatic rings. The van der Waals surface area contributed by atoms with E-state index in [-0.39, 0.29) is 12.0 Å². The van der Waals surface area contributed by atoms with E-state index in [1.165, 1.54) is 0 Å². The first-order valence-corrected chi connectivity index (χ1v) is 8.85. The summed E-state index contributed by atoms with van der Waals surface area (Å²) in [6, 6.07) is 7.73. The number of piperidine rings is 1. The fraction of sp³-hybridized carbons (Fsp3) is 0.556. The van der Waals surface area contributed by atoms with Gasteiger partial charge in [0.2, 0.25) is 0 Å². The zero-order chi connectivity index (χ0) is 17.3. The molecule has 0 saturated carbocycles. The molecule has 3 fully saturated rings. The van der Waals surface area contributed by atoms with Crippen LogP contribution in [-0.4, -0.2) is 68.4 Å². The van der Waals surface area contributed by atoms with Crippen LogP contribution in [0.25, 0.3) is 0 Å². The zero-order valence-electron chi connectivity index (χ0n) is 14.2. The molecular weight excluding hydrogens is 322 g/mol. The van der Waals surface area contributed by atoms with Crippen LogP contribution < -0.4 is 10.2 Å². The molecular formula is C18H23N3O4. The normalized spacial score (nSPS) is 26.5. The van der Waals surface area contributed by atoms with Crippen molar-refractivity contribution in [2.75, 3.05) is 50.8 Å². The van der Waals surface area contributed by atoms with Gasteiger partial charge in [-0.2, -0.15) is 0 Å². The van der Waals surface area contributed by atoms with E-state index in [2.05, 4.69) is 10.2 Å². The molecule has 134 valence electrons. The lowest BCUT2D eigenvalue weighted by Gasteiger charge is -2.39. The van der Waals surface area contributed by atoms with Crippen LogP contribution in [0.1, 0.15) is 23.2 Å². The first-order valence-electron chi connectivity index (χ1n) is 8.85. The number of carbonyl (C=O) groups excluding carboxylic acids is 2. The van der Waals surface area contributed by atoms with Crippen LogP contribution >= 0.6 is 0 Å². The standard InChI is InChI=1S/C18H23N3O4/c22-16(21-7-3-6-18(13-21)12-19-17(23)25-18)14-4-1-2-5-15(14)20-8-10-24-11-9-20/h1-2,4-5H,3,6-13H2,(H,19,23)/t18-/m1/s1. The summed E-state index contributed by atoms with van der Waals surface area (Å²) in [6.07, 6.45) is 1.24. The molecule has 0 unspecified atom stereocenters. The Morgan fingerprint density at radius 1 is 1.16 bits per heavy atom. The van der Waals surface area contributed by atoms with Crippen LogP contribution in [0.15, 0.2) is 24.3 Å². The lowest BCUT2D eigenvalue weighted by molar-refractivity contribution is -0.00502. The summed E-state index contributed by atoms with van der Waals surface area (Å²) < 4.78 is 10.9. The lowest BCUT2D eigenvalue weighted by Crippen LogP contribution is -2.52. The highest BCUT2D eigenvalue weighted by atomic mass is 16.6. The van der Waals surface area contributed by atoms with Crippen molar-refractivity contribution in [3.63, 3.8) is 0 Å². The predicted molar refractivity (Wildman–Crippen MR) is 91.8 cm³/mol. The van der Waals surface area contributed by atoms with Crippen LogP contribution in [0.5, 0.6) is 0 Å². The molecule has 2 amide bonds. The maximum atomic E-state index is 13.2. The minimum Gasteiger partial charge on any atom is -0.439 e. The Morgan fingerprint density at radius 3 is 2.72 bits per heavy atom. The first kappa shape index (κ1) is 16.2. The highest BCUT2D eigenvalue weighted by Gasteiger charge is 2.45. The molecule has 3 aliphatic heterocycles. The van der Waals surface area contributed by atoms with E-state index in [0.717, 1.165) is 31.6 Å². The number of nitrogens with one attached hydrogen (secondary N) is 1. The second-order valence-electron chi connectivity index (χ2n) is 6.87. The number of anilines is 1. The molecule has 7 nitrogen and oxygen atoms in total. The molecule has 0 radical (unpaired) electrons. The number of alkyl carbamates (subject to hydrolysis) is 1. The molecule has 1 spiro atoms. The number of para-hydroxylation sites is 1. The van der Waals surface area contributed by atoms with Gasteiger partial charge in [0.25, 0.3) is 5.91 Å². The van der Waals surface area contributed by atoms with Gasteiger partial charge >= 0.3 is 6.09 Å².